The number of aliphatic carboxylic acids is 1. The van der Waals surface area contributed by atoms with Gasteiger partial charge in [0.05, 0.1) is 0 Å². The van der Waals surface area contributed by atoms with E-state index in [9.17, 15) is 14.7 Å². The first-order valence-corrected chi connectivity index (χ1v) is 8.75. The number of H-pyrrole nitrogens is 1. The SMILES string of the molecule is CC(=O)NCCc1c[nH]c2ccc(O)cc12.O=C(O)[C@H]1O[C@@H](O)[C@H](O)[C@@H](O)[C@@H]1O. The average molecular weight is 412 g/mol. The summed E-state index contributed by atoms with van der Waals surface area (Å²) in [5.74, 6) is -1.28. The number of hydrogen-bond donors (Lipinski definition) is 8. The van der Waals surface area contributed by atoms with Crippen LogP contribution in [0.5, 0.6) is 5.75 Å². The Morgan fingerprint density at radius 1 is 1.14 bits per heavy atom. The highest BCUT2D eigenvalue weighted by Gasteiger charge is 2.46. The van der Waals surface area contributed by atoms with Crippen LogP contribution in [0.1, 0.15) is 12.5 Å². The number of phenols is 1. The number of aromatic amines is 1. The summed E-state index contributed by atoms with van der Waals surface area (Å²) in [6.07, 6.45) is -6.06. The van der Waals surface area contributed by atoms with Crippen molar-refractivity contribution in [1.82, 2.24) is 10.3 Å². The molecule has 1 saturated heterocycles. The van der Waals surface area contributed by atoms with Gasteiger partial charge < -0.3 is 45.7 Å². The fraction of sp³-hybridized carbons (Fsp3) is 0.444. The van der Waals surface area contributed by atoms with E-state index in [1.165, 1.54) is 6.92 Å². The van der Waals surface area contributed by atoms with E-state index in [2.05, 4.69) is 15.0 Å². The van der Waals surface area contributed by atoms with E-state index in [-0.39, 0.29) is 11.7 Å². The zero-order chi connectivity index (χ0) is 21.7. The standard InChI is InChI=1S/C12H14N2O2.C6H10O7/c1-8(15)13-5-4-9-7-14-12-3-2-10(16)6-11(9)12;7-1-2(8)4(5(10)11)13-6(12)3(1)9/h2-3,6-7,14,16H,4-5H2,1H3,(H,13,15);1-4,6-9,12H,(H,10,11)/t;1-,2-,3+,4-,6+/m.0/s1. The Morgan fingerprint density at radius 3 is 2.45 bits per heavy atom. The Balaban J connectivity index is 0.000000212. The molecule has 0 saturated carbocycles. The number of carboxylic acids is 1. The van der Waals surface area contributed by atoms with Gasteiger partial charge in [0.25, 0.3) is 0 Å². The largest absolute Gasteiger partial charge is 0.508 e. The zero-order valence-electron chi connectivity index (χ0n) is 15.5. The van der Waals surface area contributed by atoms with Crippen molar-refractivity contribution in [1.29, 1.82) is 0 Å². The molecule has 5 atom stereocenters. The lowest BCUT2D eigenvalue weighted by atomic mass is 9.99. The van der Waals surface area contributed by atoms with Crippen LogP contribution >= 0.6 is 0 Å². The molecule has 0 unspecified atom stereocenters. The molecule has 0 aliphatic carbocycles. The maximum atomic E-state index is 10.7. The van der Waals surface area contributed by atoms with E-state index >= 15 is 0 Å². The molecule has 160 valence electrons. The van der Waals surface area contributed by atoms with Crippen LogP contribution in [0.3, 0.4) is 0 Å². The van der Waals surface area contributed by atoms with Crippen LogP contribution < -0.4 is 5.32 Å². The number of phenolic OH excluding ortho intramolecular Hbond substituents is 1. The van der Waals surface area contributed by atoms with E-state index in [1.54, 1.807) is 12.1 Å². The van der Waals surface area contributed by atoms with Gasteiger partial charge in [-0.2, -0.15) is 0 Å². The van der Waals surface area contributed by atoms with E-state index in [0.717, 1.165) is 22.9 Å². The highest BCUT2D eigenvalue weighted by molar-refractivity contribution is 5.84. The molecule has 1 aliphatic heterocycles. The summed E-state index contributed by atoms with van der Waals surface area (Å²) in [6, 6.07) is 5.22. The van der Waals surface area contributed by atoms with Gasteiger partial charge in [-0.1, -0.05) is 0 Å². The number of hydrogen-bond acceptors (Lipinski definition) is 8. The number of aliphatic hydroxyl groups excluding tert-OH is 4. The third-order valence-electron chi connectivity index (χ3n) is 4.35. The normalized spacial score (nSPS) is 26.4. The summed E-state index contributed by atoms with van der Waals surface area (Å²) in [7, 11) is 0. The molecule has 1 aromatic heterocycles. The number of amides is 1. The minimum atomic E-state index is -1.81. The number of carbonyl (C=O) groups excluding carboxylic acids is 1. The maximum absolute atomic E-state index is 10.7. The summed E-state index contributed by atoms with van der Waals surface area (Å²) < 4.78 is 4.34. The highest BCUT2D eigenvalue weighted by Crippen LogP contribution is 2.23. The molecule has 0 bridgehead atoms. The van der Waals surface area contributed by atoms with Crippen LogP contribution in [0.15, 0.2) is 24.4 Å². The predicted octanol–water partition coefficient (Wildman–Crippen LogP) is -1.58. The van der Waals surface area contributed by atoms with Crippen LogP contribution in [0, 0.1) is 0 Å². The fourth-order valence-corrected chi connectivity index (χ4v) is 2.81. The van der Waals surface area contributed by atoms with Gasteiger partial charge in [-0.15, -0.1) is 0 Å². The monoisotopic (exact) mass is 412 g/mol. The van der Waals surface area contributed by atoms with Crippen LogP contribution in [-0.2, 0) is 20.7 Å². The second-order valence-corrected chi connectivity index (χ2v) is 6.53. The smallest absolute Gasteiger partial charge is 0.335 e. The number of ether oxygens (including phenoxy) is 1. The molecule has 1 fully saturated rings. The number of aliphatic hydroxyl groups is 4. The van der Waals surface area contributed by atoms with Gasteiger partial charge in [-0.05, 0) is 30.2 Å². The number of carboxylic acid groups (broad SMARTS) is 1. The molecule has 1 amide bonds. The average Bonchev–Trinajstić information content (AvgIpc) is 3.05. The lowest BCUT2D eigenvalue weighted by Gasteiger charge is -2.36. The van der Waals surface area contributed by atoms with Crippen molar-refractivity contribution in [2.45, 2.75) is 44.1 Å². The van der Waals surface area contributed by atoms with Crippen molar-refractivity contribution in [2.75, 3.05) is 6.54 Å². The molecule has 29 heavy (non-hydrogen) atoms. The summed E-state index contributed by atoms with van der Waals surface area (Å²) in [6.45, 7) is 2.11. The van der Waals surface area contributed by atoms with Crippen LogP contribution in [0.2, 0.25) is 0 Å². The van der Waals surface area contributed by atoms with Crippen molar-refractivity contribution in [3.8, 4) is 5.75 Å². The molecule has 1 aliphatic rings. The number of aromatic nitrogens is 1. The molecule has 1 aromatic carbocycles. The summed E-state index contributed by atoms with van der Waals surface area (Å²) in [4.78, 5) is 24.2. The molecule has 11 nitrogen and oxygen atoms in total. The molecule has 3 rings (SSSR count). The predicted molar refractivity (Wildman–Crippen MR) is 98.9 cm³/mol. The van der Waals surface area contributed by atoms with E-state index in [0.29, 0.717) is 6.54 Å². The molecule has 0 spiro atoms. The first-order chi connectivity index (χ1) is 13.6. The van der Waals surface area contributed by atoms with Crippen molar-refractivity contribution >= 4 is 22.8 Å². The molecular formula is C18H24N2O9. The molecule has 2 heterocycles. The molecular weight excluding hydrogens is 388 g/mol. The van der Waals surface area contributed by atoms with Crippen molar-refractivity contribution in [2.24, 2.45) is 0 Å². The number of benzene rings is 1. The van der Waals surface area contributed by atoms with Gasteiger partial charge in [0.1, 0.15) is 24.1 Å². The zero-order valence-corrected chi connectivity index (χ0v) is 15.5. The van der Waals surface area contributed by atoms with Crippen LogP contribution in [0.4, 0.5) is 0 Å². The number of rotatable bonds is 4. The second-order valence-electron chi connectivity index (χ2n) is 6.53. The Hall–Kier alpha value is -2.70. The van der Waals surface area contributed by atoms with Gasteiger partial charge >= 0.3 is 5.97 Å². The molecule has 2 aromatic rings. The third-order valence-corrected chi connectivity index (χ3v) is 4.35. The van der Waals surface area contributed by atoms with Crippen molar-refractivity contribution in [3.05, 3.63) is 30.0 Å². The van der Waals surface area contributed by atoms with Gasteiger partial charge in [-0.25, -0.2) is 4.79 Å². The Bertz CT molecular complexity index is 853. The highest BCUT2D eigenvalue weighted by atomic mass is 16.6. The maximum Gasteiger partial charge on any atom is 0.335 e. The summed E-state index contributed by atoms with van der Waals surface area (Å²) in [5, 5.41) is 57.5. The fourth-order valence-electron chi connectivity index (χ4n) is 2.81. The number of aromatic hydroxyl groups is 1. The van der Waals surface area contributed by atoms with Gasteiger partial charge in [-0.3, -0.25) is 4.79 Å². The number of carbonyl (C=O) groups is 2. The summed E-state index contributed by atoms with van der Waals surface area (Å²) >= 11 is 0. The van der Waals surface area contributed by atoms with Crippen LogP contribution in [-0.4, -0.2) is 84.8 Å². The topological polar surface area (TPSA) is 193 Å². The van der Waals surface area contributed by atoms with E-state index < -0.39 is 36.7 Å². The number of fused-ring (bicyclic) bond motifs is 1. The molecule has 8 N–H and O–H groups in total. The quantitative estimate of drug-likeness (QED) is 0.293. The minimum absolute atomic E-state index is 0.0253. The van der Waals surface area contributed by atoms with Crippen molar-refractivity contribution in [3.63, 3.8) is 0 Å². The molecule has 0 radical (unpaired) electrons. The van der Waals surface area contributed by atoms with Crippen molar-refractivity contribution < 1.29 is 45.0 Å². The van der Waals surface area contributed by atoms with Gasteiger partial charge in [0.2, 0.25) is 5.91 Å². The van der Waals surface area contributed by atoms with E-state index in [1.807, 2.05) is 12.3 Å². The Morgan fingerprint density at radius 2 is 1.83 bits per heavy atom. The summed E-state index contributed by atoms with van der Waals surface area (Å²) in [5.41, 5.74) is 2.09. The minimum Gasteiger partial charge on any atom is -0.508 e. The first-order valence-electron chi connectivity index (χ1n) is 8.75. The third kappa shape index (κ3) is 5.65. The molecule has 11 heteroatoms. The first kappa shape index (κ1) is 22.6. The van der Waals surface area contributed by atoms with Gasteiger partial charge in [0, 0.05) is 30.6 Å². The Kier molecular flexibility index (Phi) is 7.53. The second kappa shape index (κ2) is 9.67. The van der Waals surface area contributed by atoms with Crippen LogP contribution in [0.25, 0.3) is 10.9 Å². The lowest BCUT2D eigenvalue weighted by Crippen LogP contribution is -2.59. The lowest BCUT2D eigenvalue weighted by molar-refractivity contribution is -0.279. The van der Waals surface area contributed by atoms with Gasteiger partial charge in [0.15, 0.2) is 12.4 Å². The Labute approximate surface area is 165 Å². The van der Waals surface area contributed by atoms with E-state index in [4.69, 9.17) is 25.5 Å². The number of nitrogens with one attached hydrogen (secondary N) is 2.